The van der Waals surface area contributed by atoms with Gasteiger partial charge in [0.25, 0.3) is 5.91 Å². The normalized spacial score (nSPS) is 16.9. The lowest BCUT2D eigenvalue weighted by Gasteiger charge is -2.32. The highest BCUT2D eigenvalue weighted by Gasteiger charge is 2.32. The number of carbonyl (C=O) groups excluding carboxylic acids is 4. The maximum Gasteiger partial charge on any atom is 0.355 e. The summed E-state index contributed by atoms with van der Waals surface area (Å²) in [6.45, 7) is 7.56. The Kier molecular flexibility index (Phi) is 13.3. The molecule has 0 aliphatic carbocycles. The third-order valence-corrected chi connectivity index (χ3v) is 15.0. The molecule has 2 fully saturated rings. The first-order valence-electron chi connectivity index (χ1n) is 24.2. The summed E-state index contributed by atoms with van der Waals surface area (Å²) in [5.74, 6) is -0.586. The lowest BCUT2D eigenvalue weighted by atomic mass is 9.88. The summed E-state index contributed by atoms with van der Waals surface area (Å²) >= 11 is 1.43. The number of benzene rings is 4. The van der Waals surface area contributed by atoms with Gasteiger partial charge >= 0.3 is 5.97 Å². The average Bonchev–Trinajstić information content (AvgIpc) is 3.92. The van der Waals surface area contributed by atoms with Gasteiger partial charge in [-0.3, -0.25) is 39.4 Å². The number of hydrogen-bond donors (Lipinski definition) is 4. The van der Waals surface area contributed by atoms with Gasteiger partial charge in [-0.05, 0) is 141 Å². The van der Waals surface area contributed by atoms with Crippen LogP contribution in [0.4, 0.5) is 16.6 Å². The molecule has 3 aromatic heterocycles. The fourth-order valence-electron chi connectivity index (χ4n) is 10.4. The number of ether oxygens (including phenoxy) is 1. The van der Waals surface area contributed by atoms with E-state index in [2.05, 4.69) is 37.9 Å². The van der Waals surface area contributed by atoms with Crippen LogP contribution in [0.3, 0.4) is 0 Å². The summed E-state index contributed by atoms with van der Waals surface area (Å²) in [5.41, 5.74) is 7.42. The van der Waals surface area contributed by atoms with E-state index in [1.165, 1.54) is 11.3 Å². The zero-order valence-electron chi connectivity index (χ0n) is 39.9. The number of aromatic nitrogens is 4. The van der Waals surface area contributed by atoms with Crippen molar-refractivity contribution >= 4 is 78.7 Å². The van der Waals surface area contributed by atoms with Gasteiger partial charge in [-0.25, -0.2) is 14.8 Å². The number of fused-ring (bicyclic) bond motifs is 3. The molecular weight excluding hydrogens is 919 g/mol. The van der Waals surface area contributed by atoms with Crippen molar-refractivity contribution in [2.45, 2.75) is 64.8 Å². The van der Waals surface area contributed by atoms with Gasteiger partial charge < -0.3 is 20.1 Å². The number of likely N-dealkylation sites (tertiary alicyclic amines) is 1. The van der Waals surface area contributed by atoms with Crippen LogP contribution in [-0.2, 0) is 34.4 Å². The highest BCUT2D eigenvalue weighted by Crippen LogP contribution is 2.36. The van der Waals surface area contributed by atoms with Crippen molar-refractivity contribution in [1.82, 2.24) is 30.0 Å². The molecule has 3 aliphatic rings. The number of piperidine rings is 2. The number of aromatic carboxylic acids is 1. The van der Waals surface area contributed by atoms with E-state index in [4.69, 9.17) is 9.72 Å². The molecular formula is C54H55N9O7S. The van der Waals surface area contributed by atoms with E-state index >= 15 is 0 Å². The number of aryl methyl sites for hydroxylation is 1. The molecule has 2 saturated heterocycles. The van der Waals surface area contributed by atoms with Crippen LogP contribution in [0.1, 0.15) is 88.2 Å². The minimum atomic E-state index is -1.13. The Hall–Kier alpha value is -7.50. The van der Waals surface area contributed by atoms with Crippen molar-refractivity contribution in [1.29, 1.82) is 0 Å². The Bertz CT molecular complexity index is 3200. The van der Waals surface area contributed by atoms with E-state index in [-0.39, 0.29) is 48.2 Å². The maximum atomic E-state index is 13.6. The second-order valence-corrected chi connectivity index (χ2v) is 20.0. The van der Waals surface area contributed by atoms with Crippen LogP contribution in [-0.4, -0.2) is 92.1 Å². The summed E-state index contributed by atoms with van der Waals surface area (Å²) < 4.78 is 9.13. The fourth-order valence-corrected chi connectivity index (χ4v) is 11.2. The first-order chi connectivity index (χ1) is 34.3. The molecule has 2 atom stereocenters. The van der Waals surface area contributed by atoms with Crippen molar-refractivity contribution in [2.24, 2.45) is 18.9 Å². The van der Waals surface area contributed by atoms with E-state index in [9.17, 15) is 29.1 Å². The highest BCUT2D eigenvalue weighted by molar-refractivity contribution is 7.22. The van der Waals surface area contributed by atoms with Crippen LogP contribution >= 0.6 is 11.3 Å². The number of nitrogens with one attached hydrogen (secondary N) is 3. The number of carboxylic acids is 1. The lowest BCUT2D eigenvalue weighted by molar-refractivity contribution is -0.134. The van der Waals surface area contributed by atoms with E-state index in [0.29, 0.717) is 77.7 Å². The Morgan fingerprint density at radius 3 is 2.52 bits per heavy atom. The number of imide groups is 1. The molecule has 1 unspecified atom stereocenters. The van der Waals surface area contributed by atoms with Gasteiger partial charge in [0.1, 0.15) is 11.6 Å². The van der Waals surface area contributed by atoms with Gasteiger partial charge in [0.05, 0.1) is 40.5 Å². The minimum Gasteiger partial charge on any atom is -0.493 e. The Labute approximate surface area is 414 Å². The van der Waals surface area contributed by atoms with E-state index < -0.39 is 11.9 Å². The molecule has 71 heavy (non-hydrogen) atoms. The SMILES string of the molecule is Cc1c(OC[C@@H](C)CC2CCN(CC(=O)Nc3ccc4c(C5CCC(=O)NC5=O)nn(C)c4c3)CC2)cccc1-c1ccc(N2CCc3cccc(C(=O)Nc4nc5ccccc5s4)c3C2)nc1C(=O)O. The zero-order chi connectivity index (χ0) is 49.3. The van der Waals surface area contributed by atoms with Crippen molar-refractivity contribution in [2.75, 3.05) is 48.3 Å². The van der Waals surface area contributed by atoms with Crippen molar-refractivity contribution in [3.63, 3.8) is 0 Å². The largest absolute Gasteiger partial charge is 0.493 e. The van der Waals surface area contributed by atoms with Gasteiger partial charge in [0.2, 0.25) is 17.7 Å². The number of carbonyl (C=O) groups is 5. The van der Waals surface area contributed by atoms with Crippen LogP contribution in [0, 0.1) is 18.8 Å². The summed E-state index contributed by atoms with van der Waals surface area (Å²) in [5, 5.41) is 24.9. The average molecular weight is 974 g/mol. The number of amides is 4. The molecule has 7 aromatic rings. The summed E-state index contributed by atoms with van der Waals surface area (Å²) in [4.78, 5) is 77.4. The van der Waals surface area contributed by atoms with Crippen molar-refractivity contribution in [3.05, 3.63) is 125 Å². The molecule has 6 heterocycles. The molecule has 0 bridgehead atoms. The van der Waals surface area contributed by atoms with E-state index in [1.54, 1.807) is 11.7 Å². The number of anilines is 3. The number of carboxylic acid groups (broad SMARTS) is 1. The van der Waals surface area contributed by atoms with Crippen LogP contribution < -0.4 is 25.6 Å². The van der Waals surface area contributed by atoms with Gasteiger partial charge in [0.15, 0.2) is 10.8 Å². The molecule has 4 amide bonds. The summed E-state index contributed by atoms with van der Waals surface area (Å²) in [6.07, 6.45) is 4.29. The van der Waals surface area contributed by atoms with Crippen molar-refractivity contribution in [3.8, 4) is 16.9 Å². The van der Waals surface area contributed by atoms with E-state index in [1.807, 2.05) is 103 Å². The molecule has 10 rings (SSSR count). The molecule has 0 radical (unpaired) electrons. The third-order valence-electron chi connectivity index (χ3n) is 14.1. The number of hydrogen-bond acceptors (Lipinski definition) is 12. The Balaban J connectivity index is 0.721. The first-order valence-corrected chi connectivity index (χ1v) is 25.0. The van der Waals surface area contributed by atoms with Crippen LogP contribution in [0.5, 0.6) is 5.75 Å². The number of pyridine rings is 1. The van der Waals surface area contributed by atoms with Crippen LogP contribution in [0.15, 0.2) is 91.0 Å². The lowest BCUT2D eigenvalue weighted by Crippen LogP contribution is -2.39. The molecule has 4 aromatic carbocycles. The fraction of sp³-hybridized carbons (Fsp3) is 0.333. The maximum absolute atomic E-state index is 13.6. The molecule has 3 aliphatic heterocycles. The predicted molar refractivity (Wildman–Crippen MR) is 273 cm³/mol. The second-order valence-electron chi connectivity index (χ2n) is 19.0. The van der Waals surface area contributed by atoms with E-state index in [0.717, 1.165) is 75.7 Å². The topological polar surface area (TPSA) is 201 Å². The Morgan fingerprint density at radius 2 is 1.72 bits per heavy atom. The Morgan fingerprint density at radius 1 is 0.901 bits per heavy atom. The predicted octanol–water partition coefficient (Wildman–Crippen LogP) is 8.34. The van der Waals surface area contributed by atoms with Crippen LogP contribution in [0.25, 0.3) is 32.2 Å². The zero-order valence-corrected chi connectivity index (χ0v) is 40.7. The van der Waals surface area contributed by atoms with Gasteiger partial charge in [-0.2, -0.15) is 5.10 Å². The number of rotatable bonds is 14. The number of thiazole rings is 1. The number of nitrogens with zero attached hydrogens (tertiary/aromatic N) is 6. The summed E-state index contributed by atoms with van der Waals surface area (Å²) in [6, 6.07) is 28.4. The monoisotopic (exact) mass is 973 g/mol. The molecule has 17 heteroatoms. The second kappa shape index (κ2) is 20.1. The molecule has 0 spiro atoms. The minimum absolute atomic E-state index is 0.0547. The molecule has 0 saturated carbocycles. The smallest absolute Gasteiger partial charge is 0.355 e. The van der Waals surface area contributed by atoms with Gasteiger partial charge in [-0.15, -0.1) is 0 Å². The highest BCUT2D eigenvalue weighted by atomic mass is 32.1. The van der Waals surface area contributed by atoms with Gasteiger partial charge in [-0.1, -0.05) is 54.7 Å². The third kappa shape index (κ3) is 10.1. The quantitative estimate of drug-likeness (QED) is 0.0761. The standard InChI is InChI=1S/C54H55N9O7S/c1-31(26-33-20-23-62(24-21-33)29-48(65)55-35-14-15-39-43(27-35)61(3)60-49(39)40-17-19-47(64)58-52(40)67)30-70-44-12-7-9-36(32(44)2)37-16-18-46(57-50(37)53(68)69)63-25-22-34-8-6-10-38(41(34)28-63)51(66)59-54-56-42-11-4-5-13-45(42)71-54/h4-16,18,27,31,33,40H,17,19-26,28-30H2,1-3H3,(H,55,65)(H,68,69)(H,56,59,66)(H,58,64,67)/t31-,40?/m0/s1. The van der Waals surface area contributed by atoms with Gasteiger partial charge in [0, 0.05) is 48.8 Å². The van der Waals surface area contributed by atoms with Crippen LogP contribution in [0.2, 0.25) is 0 Å². The molecule has 4 N–H and O–H groups in total. The van der Waals surface area contributed by atoms with Crippen molar-refractivity contribution < 1.29 is 33.8 Å². The molecule has 16 nitrogen and oxygen atoms in total. The first kappa shape index (κ1) is 47.2. The summed E-state index contributed by atoms with van der Waals surface area (Å²) in [7, 11) is 1.81. The molecule has 364 valence electrons. The number of para-hydroxylation sites is 1.